The van der Waals surface area contributed by atoms with Gasteiger partial charge in [-0.3, -0.25) is 4.98 Å². The highest BCUT2D eigenvalue weighted by Crippen LogP contribution is 2.16. The SMILES string of the molecule is BrCc1ccc2ccc(I)cc2n1. The third-order valence-corrected chi connectivity index (χ3v) is 3.09. The second-order valence-electron chi connectivity index (χ2n) is 2.77. The van der Waals surface area contributed by atoms with Gasteiger partial charge in [-0.2, -0.15) is 0 Å². The van der Waals surface area contributed by atoms with Crippen LogP contribution >= 0.6 is 38.5 Å². The van der Waals surface area contributed by atoms with Crippen LogP contribution in [0.25, 0.3) is 10.9 Å². The van der Waals surface area contributed by atoms with Crippen molar-refractivity contribution in [3.63, 3.8) is 0 Å². The molecule has 0 atom stereocenters. The van der Waals surface area contributed by atoms with Gasteiger partial charge in [0.25, 0.3) is 0 Å². The molecule has 1 nitrogen and oxygen atoms in total. The maximum atomic E-state index is 4.50. The Labute approximate surface area is 98.8 Å². The molecule has 1 aromatic carbocycles. The van der Waals surface area contributed by atoms with Gasteiger partial charge in [0, 0.05) is 14.3 Å². The maximum Gasteiger partial charge on any atom is 0.0716 e. The van der Waals surface area contributed by atoms with E-state index in [4.69, 9.17) is 0 Å². The Bertz CT molecular complexity index is 442. The fourth-order valence-electron chi connectivity index (χ4n) is 1.21. The maximum absolute atomic E-state index is 4.50. The number of benzene rings is 1. The average Bonchev–Trinajstić information content (AvgIpc) is 2.16. The van der Waals surface area contributed by atoms with E-state index in [1.54, 1.807) is 0 Å². The second-order valence-corrected chi connectivity index (χ2v) is 4.58. The summed E-state index contributed by atoms with van der Waals surface area (Å²) in [5.74, 6) is 0. The zero-order chi connectivity index (χ0) is 9.26. The molecular weight excluding hydrogens is 341 g/mol. The molecule has 0 aliphatic rings. The van der Waals surface area contributed by atoms with Gasteiger partial charge in [-0.05, 0) is 40.8 Å². The summed E-state index contributed by atoms with van der Waals surface area (Å²) >= 11 is 5.70. The average molecular weight is 348 g/mol. The molecule has 0 bridgehead atoms. The molecule has 1 aromatic heterocycles. The summed E-state index contributed by atoms with van der Waals surface area (Å²) in [5, 5.41) is 2.01. The minimum Gasteiger partial charge on any atom is -0.252 e. The molecule has 2 aromatic rings. The van der Waals surface area contributed by atoms with Crippen LogP contribution in [0.15, 0.2) is 30.3 Å². The van der Waals surface area contributed by atoms with Crippen molar-refractivity contribution in [3.05, 3.63) is 39.6 Å². The zero-order valence-corrected chi connectivity index (χ0v) is 10.5. The van der Waals surface area contributed by atoms with Gasteiger partial charge in [-0.25, -0.2) is 0 Å². The lowest BCUT2D eigenvalue weighted by Crippen LogP contribution is -1.86. The number of pyridine rings is 1. The lowest BCUT2D eigenvalue weighted by molar-refractivity contribution is 1.23. The molecule has 0 fully saturated rings. The number of fused-ring (bicyclic) bond motifs is 1. The molecule has 66 valence electrons. The first-order valence-corrected chi connectivity index (χ1v) is 6.11. The summed E-state index contributed by atoms with van der Waals surface area (Å²) in [6.07, 6.45) is 0. The molecule has 0 saturated carbocycles. The topological polar surface area (TPSA) is 12.9 Å². The van der Waals surface area contributed by atoms with Crippen molar-refractivity contribution in [3.8, 4) is 0 Å². The molecule has 0 unspecified atom stereocenters. The van der Waals surface area contributed by atoms with E-state index in [0.717, 1.165) is 16.5 Å². The van der Waals surface area contributed by atoms with Crippen molar-refractivity contribution in [1.29, 1.82) is 0 Å². The Kier molecular flexibility index (Phi) is 2.83. The lowest BCUT2D eigenvalue weighted by Gasteiger charge is -1.99. The first kappa shape index (κ1) is 9.40. The molecule has 0 spiro atoms. The fourth-order valence-corrected chi connectivity index (χ4v) is 1.99. The first-order chi connectivity index (χ1) is 6.29. The van der Waals surface area contributed by atoms with E-state index in [9.17, 15) is 0 Å². The van der Waals surface area contributed by atoms with Crippen molar-refractivity contribution in [2.45, 2.75) is 5.33 Å². The third kappa shape index (κ3) is 2.02. The lowest BCUT2D eigenvalue weighted by atomic mass is 10.2. The smallest absolute Gasteiger partial charge is 0.0716 e. The predicted molar refractivity (Wildman–Crippen MR) is 67.1 cm³/mol. The van der Waals surface area contributed by atoms with E-state index in [0.29, 0.717) is 0 Å². The Balaban J connectivity index is 2.68. The Morgan fingerprint density at radius 3 is 2.77 bits per heavy atom. The molecule has 13 heavy (non-hydrogen) atoms. The summed E-state index contributed by atoms with van der Waals surface area (Å²) in [4.78, 5) is 4.50. The predicted octanol–water partition coefficient (Wildman–Crippen LogP) is 3.73. The van der Waals surface area contributed by atoms with Crippen LogP contribution in [0, 0.1) is 3.57 Å². The van der Waals surface area contributed by atoms with Crippen molar-refractivity contribution in [2.75, 3.05) is 0 Å². The molecule has 1 heterocycles. The summed E-state index contributed by atoms with van der Waals surface area (Å²) in [6, 6.07) is 10.4. The van der Waals surface area contributed by atoms with Crippen LogP contribution in [-0.4, -0.2) is 4.98 Å². The van der Waals surface area contributed by atoms with Crippen LogP contribution in [0.3, 0.4) is 0 Å². The quantitative estimate of drug-likeness (QED) is 0.565. The van der Waals surface area contributed by atoms with Crippen molar-refractivity contribution < 1.29 is 0 Å². The number of aromatic nitrogens is 1. The van der Waals surface area contributed by atoms with E-state index >= 15 is 0 Å². The largest absolute Gasteiger partial charge is 0.252 e. The molecule has 0 radical (unpaired) electrons. The van der Waals surface area contributed by atoms with Gasteiger partial charge in [0.1, 0.15) is 0 Å². The summed E-state index contributed by atoms with van der Waals surface area (Å²) < 4.78 is 1.23. The van der Waals surface area contributed by atoms with Gasteiger partial charge in [0.05, 0.1) is 11.2 Å². The first-order valence-electron chi connectivity index (χ1n) is 3.91. The van der Waals surface area contributed by atoms with E-state index in [2.05, 4.69) is 67.8 Å². The van der Waals surface area contributed by atoms with E-state index in [1.165, 1.54) is 8.96 Å². The Morgan fingerprint density at radius 1 is 1.23 bits per heavy atom. The highest BCUT2D eigenvalue weighted by Gasteiger charge is 1.97. The zero-order valence-electron chi connectivity index (χ0n) is 6.80. The highest BCUT2D eigenvalue weighted by atomic mass is 127. The van der Waals surface area contributed by atoms with Crippen LogP contribution in [-0.2, 0) is 5.33 Å². The van der Waals surface area contributed by atoms with Crippen molar-refractivity contribution >= 4 is 49.4 Å². The van der Waals surface area contributed by atoms with E-state index in [1.807, 2.05) is 6.07 Å². The standard InChI is InChI=1S/C10H7BrIN/c11-6-9-4-2-7-1-3-8(12)5-10(7)13-9/h1-5H,6H2. The number of hydrogen-bond acceptors (Lipinski definition) is 1. The number of alkyl halides is 1. The van der Waals surface area contributed by atoms with E-state index < -0.39 is 0 Å². The number of hydrogen-bond donors (Lipinski definition) is 0. The van der Waals surface area contributed by atoms with Crippen molar-refractivity contribution in [2.24, 2.45) is 0 Å². The molecule has 0 saturated heterocycles. The minimum absolute atomic E-state index is 0.814. The van der Waals surface area contributed by atoms with Gasteiger partial charge in [0.15, 0.2) is 0 Å². The van der Waals surface area contributed by atoms with Gasteiger partial charge >= 0.3 is 0 Å². The van der Waals surface area contributed by atoms with Gasteiger partial charge in [-0.1, -0.05) is 28.1 Å². The third-order valence-electron chi connectivity index (χ3n) is 1.85. The second kappa shape index (κ2) is 3.92. The molecule has 2 rings (SSSR count). The Morgan fingerprint density at radius 2 is 2.00 bits per heavy atom. The van der Waals surface area contributed by atoms with Crippen molar-refractivity contribution in [1.82, 2.24) is 4.98 Å². The van der Waals surface area contributed by atoms with Crippen LogP contribution in [0.2, 0.25) is 0 Å². The van der Waals surface area contributed by atoms with E-state index in [-0.39, 0.29) is 0 Å². The molecular formula is C10H7BrIN. The van der Waals surface area contributed by atoms with Crippen LogP contribution in [0.5, 0.6) is 0 Å². The summed E-state index contributed by atoms with van der Waals surface area (Å²) in [5.41, 5.74) is 2.15. The number of halogens is 2. The van der Waals surface area contributed by atoms with Gasteiger partial charge in [0.2, 0.25) is 0 Å². The molecule has 0 N–H and O–H groups in total. The number of rotatable bonds is 1. The monoisotopic (exact) mass is 347 g/mol. The van der Waals surface area contributed by atoms with Gasteiger partial charge in [-0.15, -0.1) is 0 Å². The molecule has 0 aliphatic carbocycles. The highest BCUT2D eigenvalue weighted by molar-refractivity contribution is 14.1. The Hall–Kier alpha value is -0.160. The normalized spacial score (nSPS) is 10.6. The minimum atomic E-state index is 0.814. The summed E-state index contributed by atoms with van der Waals surface area (Å²) in [7, 11) is 0. The molecule has 0 aliphatic heterocycles. The molecule has 0 amide bonds. The van der Waals surface area contributed by atoms with Crippen LogP contribution in [0.1, 0.15) is 5.69 Å². The fraction of sp³-hybridized carbons (Fsp3) is 0.100. The molecule has 3 heteroatoms. The van der Waals surface area contributed by atoms with Crippen LogP contribution < -0.4 is 0 Å². The number of nitrogens with zero attached hydrogens (tertiary/aromatic N) is 1. The summed E-state index contributed by atoms with van der Waals surface area (Å²) in [6.45, 7) is 0. The van der Waals surface area contributed by atoms with Crippen LogP contribution in [0.4, 0.5) is 0 Å². The van der Waals surface area contributed by atoms with Gasteiger partial charge < -0.3 is 0 Å².